The Morgan fingerprint density at radius 2 is 1.88 bits per heavy atom. The lowest BCUT2D eigenvalue weighted by atomic mass is 10.5. The Hall–Kier alpha value is 0.0000000000000000139. The van der Waals surface area contributed by atoms with Crippen LogP contribution in [0.4, 0.5) is 0 Å². The standard InChI is InChI=1S/C9H20NO4PS/c1-4-13-15(12,14-5-2)8-9(16)10(3)6-7-11/h11H,4-8H2,1-3H3. The van der Waals surface area contributed by atoms with Crippen molar-refractivity contribution in [2.75, 3.05) is 39.6 Å². The van der Waals surface area contributed by atoms with Crippen molar-refractivity contribution in [2.24, 2.45) is 0 Å². The quantitative estimate of drug-likeness (QED) is 0.532. The van der Waals surface area contributed by atoms with E-state index in [0.717, 1.165) is 0 Å². The van der Waals surface area contributed by atoms with Gasteiger partial charge in [-0.05, 0) is 13.8 Å². The van der Waals surface area contributed by atoms with Gasteiger partial charge in [0.2, 0.25) is 0 Å². The summed E-state index contributed by atoms with van der Waals surface area (Å²) in [7, 11) is -1.38. The van der Waals surface area contributed by atoms with E-state index in [9.17, 15) is 4.57 Å². The van der Waals surface area contributed by atoms with Gasteiger partial charge in [0.1, 0.15) is 6.16 Å². The molecule has 96 valence electrons. The summed E-state index contributed by atoms with van der Waals surface area (Å²) in [5.74, 6) is 0. The van der Waals surface area contributed by atoms with E-state index in [0.29, 0.717) is 24.7 Å². The number of thiocarbonyl (C=S) groups is 1. The topological polar surface area (TPSA) is 59.0 Å². The van der Waals surface area contributed by atoms with Crippen LogP contribution in [0.15, 0.2) is 0 Å². The van der Waals surface area contributed by atoms with Crippen LogP contribution in [0.2, 0.25) is 0 Å². The summed E-state index contributed by atoms with van der Waals surface area (Å²) >= 11 is 5.10. The molecule has 0 atom stereocenters. The fourth-order valence-corrected chi connectivity index (χ4v) is 3.27. The molecular weight excluding hydrogens is 249 g/mol. The fourth-order valence-electron chi connectivity index (χ4n) is 1.08. The maximum absolute atomic E-state index is 12.1. The maximum atomic E-state index is 12.1. The van der Waals surface area contributed by atoms with Crippen LogP contribution in [0.1, 0.15) is 13.8 Å². The van der Waals surface area contributed by atoms with Gasteiger partial charge in [0.05, 0.1) is 24.8 Å². The molecule has 7 heteroatoms. The van der Waals surface area contributed by atoms with E-state index in [2.05, 4.69) is 0 Å². The molecule has 0 bridgehead atoms. The summed E-state index contributed by atoms with van der Waals surface area (Å²) in [6.45, 7) is 4.58. The highest BCUT2D eigenvalue weighted by Gasteiger charge is 2.26. The van der Waals surface area contributed by atoms with Gasteiger partial charge in [-0.1, -0.05) is 12.2 Å². The smallest absolute Gasteiger partial charge is 0.337 e. The Kier molecular flexibility index (Phi) is 8.14. The lowest BCUT2D eigenvalue weighted by Gasteiger charge is -2.23. The van der Waals surface area contributed by atoms with Gasteiger partial charge in [-0.15, -0.1) is 0 Å². The molecule has 0 aliphatic heterocycles. The molecule has 0 saturated heterocycles. The summed E-state index contributed by atoms with van der Waals surface area (Å²) < 4.78 is 22.4. The molecule has 0 aromatic heterocycles. The molecule has 0 heterocycles. The fraction of sp³-hybridized carbons (Fsp3) is 0.889. The van der Waals surface area contributed by atoms with Crippen molar-refractivity contribution >= 4 is 24.8 Å². The number of hydrogen-bond donors (Lipinski definition) is 1. The first kappa shape index (κ1) is 16.0. The van der Waals surface area contributed by atoms with E-state index >= 15 is 0 Å². The van der Waals surface area contributed by atoms with E-state index in [1.54, 1.807) is 25.8 Å². The Labute approximate surface area is 102 Å². The van der Waals surface area contributed by atoms with Crippen LogP contribution in [0.3, 0.4) is 0 Å². The van der Waals surface area contributed by atoms with Crippen molar-refractivity contribution in [3.8, 4) is 0 Å². The number of likely N-dealkylation sites (N-methyl/N-ethyl adjacent to an activating group) is 1. The molecule has 0 aliphatic carbocycles. The van der Waals surface area contributed by atoms with Gasteiger partial charge in [-0.3, -0.25) is 4.57 Å². The van der Waals surface area contributed by atoms with Crippen LogP contribution in [0, 0.1) is 0 Å². The molecule has 0 saturated carbocycles. The van der Waals surface area contributed by atoms with Crippen LogP contribution < -0.4 is 0 Å². The monoisotopic (exact) mass is 269 g/mol. The van der Waals surface area contributed by atoms with Crippen molar-refractivity contribution in [3.63, 3.8) is 0 Å². The van der Waals surface area contributed by atoms with Gasteiger partial charge in [-0.2, -0.15) is 0 Å². The third kappa shape index (κ3) is 5.92. The second-order valence-electron chi connectivity index (χ2n) is 3.14. The van der Waals surface area contributed by atoms with Crippen LogP contribution in [-0.2, 0) is 13.6 Å². The van der Waals surface area contributed by atoms with E-state index in [4.69, 9.17) is 26.4 Å². The number of aliphatic hydroxyl groups is 1. The van der Waals surface area contributed by atoms with Crippen LogP contribution in [-0.4, -0.2) is 54.6 Å². The molecule has 0 aromatic rings. The predicted octanol–water partition coefficient (Wildman–Crippen LogP) is 1.50. The normalized spacial score (nSPS) is 11.5. The molecule has 1 N–H and O–H groups in total. The number of nitrogens with zero attached hydrogens (tertiary/aromatic N) is 1. The number of aliphatic hydroxyl groups excluding tert-OH is 1. The lowest BCUT2D eigenvalue weighted by Crippen LogP contribution is -2.30. The zero-order valence-corrected chi connectivity index (χ0v) is 11.7. The Balaban J connectivity index is 4.39. The number of hydrogen-bond acceptors (Lipinski definition) is 5. The van der Waals surface area contributed by atoms with Gasteiger partial charge < -0.3 is 19.1 Å². The molecule has 0 rings (SSSR count). The minimum absolute atomic E-state index is 0.00418. The van der Waals surface area contributed by atoms with Crippen LogP contribution >= 0.6 is 19.8 Å². The Morgan fingerprint density at radius 3 is 2.25 bits per heavy atom. The average Bonchev–Trinajstić information content (AvgIpc) is 2.18. The molecular formula is C9H20NO4PS. The first-order chi connectivity index (χ1) is 7.49. The molecule has 0 spiro atoms. The summed E-state index contributed by atoms with van der Waals surface area (Å²) in [5, 5.41) is 8.76. The molecule has 0 radical (unpaired) electrons. The van der Waals surface area contributed by atoms with E-state index in [1.807, 2.05) is 0 Å². The summed E-state index contributed by atoms with van der Waals surface area (Å²) in [6.07, 6.45) is 0.0838. The lowest BCUT2D eigenvalue weighted by molar-refractivity contribution is 0.222. The highest BCUT2D eigenvalue weighted by atomic mass is 32.1. The molecule has 0 aliphatic rings. The molecule has 0 aromatic carbocycles. The Bertz CT molecular complexity index is 252. The average molecular weight is 269 g/mol. The Morgan fingerprint density at radius 1 is 1.38 bits per heavy atom. The highest BCUT2D eigenvalue weighted by Crippen LogP contribution is 2.48. The van der Waals surface area contributed by atoms with E-state index in [1.165, 1.54) is 0 Å². The van der Waals surface area contributed by atoms with Crippen molar-refractivity contribution in [3.05, 3.63) is 0 Å². The minimum atomic E-state index is -3.12. The van der Waals surface area contributed by atoms with Gasteiger partial charge in [0.25, 0.3) is 0 Å². The van der Waals surface area contributed by atoms with Crippen molar-refractivity contribution in [1.29, 1.82) is 0 Å². The summed E-state index contributed by atoms with van der Waals surface area (Å²) in [5.41, 5.74) is 0. The van der Waals surface area contributed by atoms with Gasteiger partial charge in [-0.25, -0.2) is 0 Å². The minimum Gasteiger partial charge on any atom is -0.395 e. The first-order valence-electron chi connectivity index (χ1n) is 5.22. The van der Waals surface area contributed by atoms with Gasteiger partial charge >= 0.3 is 7.60 Å². The van der Waals surface area contributed by atoms with Crippen molar-refractivity contribution in [1.82, 2.24) is 4.90 Å². The third-order valence-electron chi connectivity index (χ3n) is 1.84. The van der Waals surface area contributed by atoms with E-state index < -0.39 is 7.60 Å². The van der Waals surface area contributed by atoms with E-state index in [-0.39, 0.29) is 12.8 Å². The van der Waals surface area contributed by atoms with Crippen LogP contribution in [0.25, 0.3) is 0 Å². The second-order valence-corrected chi connectivity index (χ2v) is 5.67. The van der Waals surface area contributed by atoms with Crippen molar-refractivity contribution < 1.29 is 18.7 Å². The SMILES string of the molecule is CCOP(=O)(CC(=S)N(C)CCO)OCC. The first-order valence-corrected chi connectivity index (χ1v) is 7.35. The summed E-state index contributed by atoms with van der Waals surface area (Å²) in [4.78, 5) is 2.14. The maximum Gasteiger partial charge on any atom is 0.337 e. The summed E-state index contributed by atoms with van der Waals surface area (Å²) in [6, 6.07) is 0. The van der Waals surface area contributed by atoms with Gasteiger partial charge in [0, 0.05) is 13.6 Å². The zero-order valence-electron chi connectivity index (χ0n) is 10.0. The molecule has 5 nitrogen and oxygen atoms in total. The second kappa shape index (κ2) is 8.14. The highest BCUT2D eigenvalue weighted by molar-refractivity contribution is 7.81. The van der Waals surface area contributed by atoms with Crippen molar-refractivity contribution in [2.45, 2.75) is 13.8 Å². The van der Waals surface area contributed by atoms with Gasteiger partial charge in [0.15, 0.2) is 0 Å². The predicted molar refractivity (Wildman–Crippen MR) is 68.0 cm³/mol. The molecule has 0 amide bonds. The molecule has 0 unspecified atom stereocenters. The largest absolute Gasteiger partial charge is 0.395 e. The zero-order chi connectivity index (χ0) is 12.6. The molecule has 0 fully saturated rings. The third-order valence-corrected chi connectivity index (χ3v) is 4.50. The van der Waals surface area contributed by atoms with Crippen LogP contribution in [0.5, 0.6) is 0 Å². The number of rotatable bonds is 8. The molecule has 16 heavy (non-hydrogen) atoms.